The Bertz CT molecular complexity index is 1190. The number of nitrogens with zero attached hydrogens (tertiary/aromatic N) is 2. The highest BCUT2D eigenvalue weighted by atomic mass is 32.2. The van der Waals surface area contributed by atoms with Crippen molar-refractivity contribution in [2.45, 2.75) is 23.8 Å². The molecule has 1 N–H and O–H groups in total. The first kappa shape index (κ1) is 22.1. The van der Waals surface area contributed by atoms with Crippen LogP contribution in [0.2, 0.25) is 0 Å². The smallest absolute Gasteiger partial charge is 0.263 e. The van der Waals surface area contributed by atoms with Gasteiger partial charge in [-0.15, -0.1) is 0 Å². The number of amides is 3. The number of sulfonamides is 1. The van der Waals surface area contributed by atoms with Crippen molar-refractivity contribution in [3.63, 3.8) is 0 Å². The van der Waals surface area contributed by atoms with E-state index in [1.165, 1.54) is 48.7 Å². The van der Waals surface area contributed by atoms with Crippen molar-refractivity contribution in [2.24, 2.45) is 0 Å². The summed E-state index contributed by atoms with van der Waals surface area (Å²) in [6, 6.07) is 10.2. The zero-order valence-electron chi connectivity index (χ0n) is 17.7. The highest BCUT2D eigenvalue weighted by molar-refractivity contribution is 7.89. The van der Waals surface area contributed by atoms with Crippen LogP contribution in [0.25, 0.3) is 0 Å². The molecule has 0 bridgehead atoms. The fraction of sp³-hybridized carbons (Fsp3) is 0.318. The van der Waals surface area contributed by atoms with Crippen LogP contribution in [0.3, 0.4) is 0 Å². The zero-order chi connectivity index (χ0) is 23.0. The second-order valence-electron chi connectivity index (χ2n) is 7.80. The molecule has 168 valence electrons. The largest absolute Gasteiger partial charge is 0.377 e. The van der Waals surface area contributed by atoms with Gasteiger partial charge in [0.05, 0.1) is 27.8 Å². The van der Waals surface area contributed by atoms with Crippen LogP contribution < -0.4 is 5.32 Å². The number of hydrogen-bond donors (Lipinski definition) is 1. The van der Waals surface area contributed by atoms with Gasteiger partial charge in [0, 0.05) is 32.8 Å². The summed E-state index contributed by atoms with van der Waals surface area (Å²) in [6.07, 6.45) is 1.63. The highest BCUT2D eigenvalue weighted by Gasteiger charge is 2.35. The summed E-state index contributed by atoms with van der Waals surface area (Å²) in [5.74, 6) is -1.44. The molecule has 3 amide bonds. The van der Waals surface area contributed by atoms with Crippen molar-refractivity contribution in [1.82, 2.24) is 9.21 Å². The minimum atomic E-state index is -3.72. The summed E-state index contributed by atoms with van der Waals surface area (Å²) >= 11 is 0. The van der Waals surface area contributed by atoms with Gasteiger partial charge in [-0.3, -0.25) is 19.3 Å². The van der Waals surface area contributed by atoms with Crippen LogP contribution in [0.4, 0.5) is 5.69 Å². The Morgan fingerprint density at radius 1 is 1.16 bits per heavy atom. The first-order valence-electron chi connectivity index (χ1n) is 10.1. The number of likely N-dealkylation sites (N-methyl/N-ethyl adjacent to an activating group) is 1. The Morgan fingerprint density at radius 3 is 2.53 bits per heavy atom. The number of carbonyl (C=O) groups is 3. The summed E-state index contributed by atoms with van der Waals surface area (Å²) in [7, 11) is -0.838. The van der Waals surface area contributed by atoms with Gasteiger partial charge in [0.1, 0.15) is 0 Å². The molecule has 0 saturated carbocycles. The molecule has 10 heteroatoms. The number of nitrogens with one attached hydrogen (secondary N) is 1. The molecule has 0 aromatic heterocycles. The number of benzene rings is 2. The van der Waals surface area contributed by atoms with Crippen molar-refractivity contribution >= 4 is 33.4 Å². The van der Waals surface area contributed by atoms with Gasteiger partial charge in [0.25, 0.3) is 17.7 Å². The second-order valence-corrected chi connectivity index (χ2v) is 9.84. The van der Waals surface area contributed by atoms with Crippen LogP contribution in [0.15, 0.2) is 47.4 Å². The third kappa shape index (κ3) is 3.92. The standard InChI is InChI=1S/C22H23N3O6S/c1-24(13-15-5-4-12-31-15)32(29,30)16-10-8-14(9-11-16)20(26)23-18-7-3-6-17-19(18)22(28)25(2)21(17)27/h3,6-11,15H,4-5,12-13H2,1-2H3,(H,23,26)/t15-/m1/s1. The molecule has 0 aliphatic carbocycles. The average molecular weight is 458 g/mol. The van der Waals surface area contributed by atoms with E-state index in [1.807, 2.05) is 0 Å². The number of anilines is 1. The summed E-state index contributed by atoms with van der Waals surface area (Å²) in [6.45, 7) is 0.911. The highest BCUT2D eigenvalue weighted by Crippen LogP contribution is 2.29. The number of rotatable bonds is 6. The second kappa shape index (κ2) is 8.45. The normalized spacial score (nSPS) is 18.3. The van der Waals surface area contributed by atoms with Crippen molar-refractivity contribution in [3.8, 4) is 0 Å². The summed E-state index contributed by atoms with van der Waals surface area (Å²) in [5.41, 5.74) is 0.811. The van der Waals surface area contributed by atoms with E-state index in [9.17, 15) is 22.8 Å². The molecule has 2 aromatic rings. The van der Waals surface area contributed by atoms with Crippen LogP contribution in [0.1, 0.15) is 43.9 Å². The number of carbonyl (C=O) groups excluding carboxylic acids is 3. The summed E-state index contributed by atoms with van der Waals surface area (Å²) < 4.78 is 32.4. The van der Waals surface area contributed by atoms with E-state index in [-0.39, 0.29) is 39.9 Å². The van der Waals surface area contributed by atoms with Crippen molar-refractivity contribution < 1.29 is 27.5 Å². The van der Waals surface area contributed by atoms with Crippen molar-refractivity contribution in [3.05, 3.63) is 59.2 Å². The Labute approximate surface area is 186 Å². The molecule has 0 radical (unpaired) electrons. The van der Waals surface area contributed by atoms with Crippen molar-refractivity contribution in [2.75, 3.05) is 32.6 Å². The molecular formula is C22H23N3O6S. The molecular weight excluding hydrogens is 434 g/mol. The number of ether oxygens (including phenoxy) is 1. The lowest BCUT2D eigenvalue weighted by molar-refractivity contribution is 0.0693. The van der Waals surface area contributed by atoms with E-state index >= 15 is 0 Å². The Morgan fingerprint density at radius 2 is 1.88 bits per heavy atom. The molecule has 2 heterocycles. The molecule has 0 spiro atoms. The van der Waals surface area contributed by atoms with Crippen LogP contribution in [-0.4, -0.2) is 68.7 Å². The van der Waals surface area contributed by atoms with E-state index in [2.05, 4.69) is 5.32 Å². The maximum absolute atomic E-state index is 12.8. The van der Waals surface area contributed by atoms with Crippen LogP contribution >= 0.6 is 0 Å². The maximum Gasteiger partial charge on any atom is 0.263 e. The van der Waals surface area contributed by atoms with E-state index < -0.39 is 27.7 Å². The van der Waals surface area contributed by atoms with Gasteiger partial charge >= 0.3 is 0 Å². The predicted molar refractivity (Wildman–Crippen MR) is 116 cm³/mol. The lowest BCUT2D eigenvalue weighted by Gasteiger charge is -2.20. The van der Waals surface area contributed by atoms with Gasteiger partial charge in [0.2, 0.25) is 10.0 Å². The molecule has 0 unspecified atom stereocenters. The van der Waals surface area contributed by atoms with Crippen molar-refractivity contribution in [1.29, 1.82) is 0 Å². The van der Waals surface area contributed by atoms with Gasteiger partial charge in [0.15, 0.2) is 0 Å². The van der Waals surface area contributed by atoms with E-state index in [0.29, 0.717) is 6.61 Å². The molecule has 9 nitrogen and oxygen atoms in total. The minimum Gasteiger partial charge on any atom is -0.377 e. The lowest BCUT2D eigenvalue weighted by atomic mass is 10.1. The van der Waals surface area contributed by atoms with Gasteiger partial charge in [-0.25, -0.2) is 8.42 Å². The molecule has 2 aromatic carbocycles. The number of hydrogen-bond acceptors (Lipinski definition) is 6. The fourth-order valence-corrected chi connectivity index (χ4v) is 5.03. The van der Waals surface area contributed by atoms with Gasteiger partial charge < -0.3 is 10.1 Å². The Hall–Kier alpha value is -3.08. The van der Waals surface area contributed by atoms with E-state index in [4.69, 9.17) is 4.74 Å². The third-order valence-electron chi connectivity index (χ3n) is 5.68. The van der Waals surface area contributed by atoms with E-state index in [0.717, 1.165) is 17.7 Å². The summed E-state index contributed by atoms with van der Waals surface area (Å²) in [4.78, 5) is 38.3. The third-order valence-corrected chi connectivity index (χ3v) is 7.51. The predicted octanol–water partition coefficient (Wildman–Crippen LogP) is 1.96. The SMILES string of the molecule is CN1C(=O)c2cccc(NC(=O)c3ccc(S(=O)(=O)N(C)C[C@H]4CCCO4)cc3)c2C1=O. The maximum atomic E-state index is 12.8. The quantitative estimate of drug-likeness (QED) is 0.664. The number of imide groups is 1. The lowest BCUT2D eigenvalue weighted by Crippen LogP contribution is -2.34. The Balaban J connectivity index is 1.50. The average Bonchev–Trinajstić information content (AvgIpc) is 3.37. The Kier molecular flexibility index (Phi) is 5.85. The first-order chi connectivity index (χ1) is 15.2. The molecule has 2 aliphatic heterocycles. The molecule has 32 heavy (non-hydrogen) atoms. The van der Waals surface area contributed by atoms with E-state index in [1.54, 1.807) is 12.1 Å². The van der Waals surface area contributed by atoms with Gasteiger partial charge in [-0.1, -0.05) is 6.07 Å². The van der Waals surface area contributed by atoms with Gasteiger partial charge in [-0.05, 0) is 49.2 Å². The zero-order valence-corrected chi connectivity index (χ0v) is 18.5. The topological polar surface area (TPSA) is 113 Å². The first-order valence-corrected chi connectivity index (χ1v) is 11.6. The molecule has 2 aliphatic rings. The summed E-state index contributed by atoms with van der Waals surface area (Å²) in [5, 5.41) is 2.64. The molecule has 4 rings (SSSR count). The van der Waals surface area contributed by atoms with Crippen LogP contribution in [-0.2, 0) is 14.8 Å². The fourth-order valence-electron chi connectivity index (χ4n) is 3.83. The number of fused-ring (bicyclic) bond motifs is 1. The monoisotopic (exact) mass is 457 g/mol. The van der Waals surface area contributed by atoms with Crippen LogP contribution in [0.5, 0.6) is 0 Å². The minimum absolute atomic E-state index is 0.0672. The molecule has 1 fully saturated rings. The molecule has 1 atom stereocenters. The molecule has 1 saturated heterocycles. The van der Waals surface area contributed by atoms with Crippen LogP contribution in [0, 0.1) is 0 Å². The van der Waals surface area contributed by atoms with Gasteiger partial charge in [-0.2, -0.15) is 4.31 Å².